The third-order valence-corrected chi connectivity index (χ3v) is 8.10. The van der Waals surface area contributed by atoms with E-state index in [4.69, 9.17) is 21.1 Å². The summed E-state index contributed by atoms with van der Waals surface area (Å²) in [6.45, 7) is 10.3. The van der Waals surface area contributed by atoms with Crippen molar-refractivity contribution in [3.63, 3.8) is 0 Å². The Morgan fingerprint density at radius 2 is 2.07 bits per heavy atom. The van der Waals surface area contributed by atoms with Gasteiger partial charge < -0.3 is 14.6 Å². The average Bonchev–Trinajstić information content (AvgIpc) is 2.82. The van der Waals surface area contributed by atoms with E-state index in [9.17, 15) is 14.7 Å². The molecular weight excluding hydrogens is 380 g/mol. The van der Waals surface area contributed by atoms with Crippen molar-refractivity contribution in [2.24, 2.45) is 22.7 Å². The first-order valence-corrected chi connectivity index (χ1v) is 10.9. The van der Waals surface area contributed by atoms with Gasteiger partial charge in [-0.25, -0.2) is 4.79 Å². The molecule has 0 bridgehead atoms. The number of cyclic esters (lactones) is 1. The van der Waals surface area contributed by atoms with Crippen molar-refractivity contribution >= 4 is 23.5 Å². The third kappa shape index (κ3) is 3.39. The van der Waals surface area contributed by atoms with Crippen LogP contribution in [0, 0.1) is 22.7 Å². The van der Waals surface area contributed by atoms with E-state index in [1.807, 2.05) is 0 Å². The standard InChI is InChI=1S/C22H33ClO5/c1-13-8-9-15-16(7-6-10-20(15,3)4)21(13,5)11-17-22(26,12-23)18(19(25)28-17)27-14(2)24/h9,13,16-18,26H,6-8,10-12H2,1-5H3/t13-,16+,17+,18-,21+,22+/m1/s1. The van der Waals surface area contributed by atoms with Gasteiger partial charge in [0.05, 0.1) is 5.88 Å². The summed E-state index contributed by atoms with van der Waals surface area (Å²) in [6, 6.07) is 0. The Morgan fingerprint density at radius 3 is 2.68 bits per heavy atom. The zero-order valence-electron chi connectivity index (χ0n) is 17.6. The maximum absolute atomic E-state index is 12.4. The number of alkyl halides is 1. The first-order valence-electron chi connectivity index (χ1n) is 10.3. The summed E-state index contributed by atoms with van der Waals surface area (Å²) >= 11 is 6.08. The Labute approximate surface area is 172 Å². The molecule has 3 aliphatic rings. The Bertz CT molecular complexity index is 686. The number of halogens is 1. The fraction of sp³-hybridized carbons (Fsp3) is 0.818. The van der Waals surface area contributed by atoms with E-state index in [0.717, 1.165) is 19.3 Å². The highest BCUT2D eigenvalue weighted by atomic mass is 35.5. The van der Waals surface area contributed by atoms with Gasteiger partial charge in [-0.2, -0.15) is 0 Å². The third-order valence-electron chi connectivity index (χ3n) is 7.67. The van der Waals surface area contributed by atoms with Crippen LogP contribution in [0.3, 0.4) is 0 Å². The summed E-state index contributed by atoms with van der Waals surface area (Å²) in [7, 11) is 0. The second-order valence-corrected chi connectivity index (χ2v) is 10.1. The molecule has 2 aliphatic carbocycles. The summed E-state index contributed by atoms with van der Waals surface area (Å²) in [4.78, 5) is 23.8. The highest BCUT2D eigenvalue weighted by molar-refractivity contribution is 6.19. The van der Waals surface area contributed by atoms with E-state index in [-0.39, 0.29) is 16.7 Å². The fourth-order valence-electron chi connectivity index (χ4n) is 5.65. The lowest BCUT2D eigenvalue weighted by Crippen LogP contribution is -2.54. The Balaban J connectivity index is 1.92. The minimum atomic E-state index is -1.71. The molecule has 6 atom stereocenters. The molecule has 0 aromatic rings. The summed E-state index contributed by atoms with van der Waals surface area (Å²) < 4.78 is 10.6. The number of fused-ring (bicyclic) bond motifs is 1. The highest BCUT2D eigenvalue weighted by Gasteiger charge is 2.61. The van der Waals surface area contributed by atoms with Crippen LogP contribution in [0.1, 0.15) is 66.7 Å². The number of hydrogen-bond donors (Lipinski definition) is 1. The molecule has 0 spiro atoms. The molecule has 158 valence electrons. The molecule has 0 unspecified atom stereocenters. The van der Waals surface area contributed by atoms with Crippen LogP contribution < -0.4 is 0 Å². The van der Waals surface area contributed by atoms with Crippen LogP contribution >= 0.6 is 11.6 Å². The van der Waals surface area contributed by atoms with Gasteiger partial charge in [0.15, 0.2) is 5.60 Å². The molecule has 1 heterocycles. The van der Waals surface area contributed by atoms with Crippen LogP contribution in [-0.2, 0) is 19.1 Å². The van der Waals surface area contributed by atoms with Crippen LogP contribution in [-0.4, -0.2) is 40.7 Å². The molecule has 5 nitrogen and oxygen atoms in total. The predicted octanol–water partition coefficient (Wildman–Crippen LogP) is 4.00. The zero-order chi connectivity index (χ0) is 20.9. The van der Waals surface area contributed by atoms with Crippen molar-refractivity contribution < 1.29 is 24.2 Å². The van der Waals surface area contributed by atoms with Gasteiger partial charge in [-0.05, 0) is 48.3 Å². The Hall–Kier alpha value is -1.07. The lowest BCUT2D eigenvalue weighted by molar-refractivity contribution is -0.164. The van der Waals surface area contributed by atoms with Gasteiger partial charge in [-0.15, -0.1) is 11.6 Å². The van der Waals surface area contributed by atoms with E-state index >= 15 is 0 Å². The van der Waals surface area contributed by atoms with Crippen LogP contribution in [0.25, 0.3) is 0 Å². The fourth-order valence-corrected chi connectivity index (χ4v) is 5.96. The van der Waals surface area contributed by atoms with E-state index in [1.54, 1.807) is 0 Å². The van der Waals surface area contributed by atoms with Crippen molar-refractivity contribution in [1.82, 2.24) is 0 Å². The van der Waals surface area contributed by atoms with Gasteiger partial charge in [-0.1, -0.05) is 45.8 Å². The molecule has 28 heavy (non-hydrogen) atoms. The van der Waals surface area contributed by atoms with Gasteiger partial charge in [0.2, 0.25) is 6.10 Å². The topological polar surface area (TPSA) is 72.8 Å². The lowest BCUT2D eigenvalue weighted by atomic mass is 9.51. The van der Waals surface area contributed by atoms with Gasteiger partial charge in [-0.3, -0.25) is 4.79 Å². The normalized spacial score (nSPS) is 42.4. The number of rotatable bonds is 4. The number of carbonyl (C=O) groups is 2. The number of hydrogen-bond acceptors (Lipinski definition) is 5. The van der Waals surface area contributed by atoms with Gasteiger partial charge in [0, 0.05) is 6.92 Å². The minimum absolute atomic E-state index is 0.141. The maximum Gasteiger partial charge on any atom is 0.351 e. The molecule has 1 aliphatic heterocycles. The van der Waals surface area contributed by atoms with Gasteiger partial charge >= 0.3 is 11.9 Å². The monoisotopic (exact) mass is 412 g/mol. The summed E-state index contributed by atoms with van der Waals surface area (Å²) in [5.41, 5.74) is -0.189. The number of aliphatic hydroxyl groups is 1. The molecule has 0 aromatic carbocycles. The largest absolute Gasteiger partial charge is 0.456 e. The van der Waals surface area contributed by atoms with E-state index in [2.05, 4.69) is 33.8 Å². The van der Waals surface area contributed by atoms with Crippen LogP contribution in [0.15, 0.2) is 11.6 Å². The van der Waals surface area contributed by atoms with Crippen molar-refractivity contribution in [2.75, 3.05) is 5.88 Å². The number of carbonyl (C=O) groups excluding carboxylic acids is 2. The van der Waals surface area contributed by atoms with E-state index < -0.39 is 29.7 Å². The molecule has 2 fully saturated rings. The minimum Gasteiger partial charge on any atom is -0.456 e. The predicted molar refractivity (Wildman–Crippen MR) is 107 cm³/mol. The summed E-state index contributed by atoms with van der Waals surface area (Å²) in [6.07, 6.45) is 5.16. The molecule has 0 aromatic heterocycles. The second-order valence-electron chi connectivity index (χ2n) is 9.87. The van der Waals surface area contributed by atoms with Crippen molar-refractivity contribution in [2.45, 2.75) is 84.5 Å². The quantitative estimate of drug-likeness (QED) is 0.429. The number of ether oxygens (including phenoxy) is 2. The number of allylic oxidation sites excluding steroid dienone is 2. The molecule has 6 heteroatoms. The Kier molecular flexibility index (Phi) is 5.65. The van der Waals surface area contributed by atoms with Crippen LogP contribution in [0.5, 0.6) is 0 Å². The molecule has 1 saturated carbocycles. The molecule has 0 amide bonds. The van der Waals surface area contributed by atoms with Crippen molar-refractivity contribution in [1.29, 1.82) is 0 Å². The molecular formula is C22H33ClO5. The van der Waals surface area contributed by atoms with Crippen LogP contribution in [0.2, 0.25) is 0 Å². The van der Waals surface area contributed by atoms with Gasteiger partial charge in [0.1, 0.15) is 6.10 Å². The van der Waals surface area contributed by atoms with Crippen molar-refractivity contribution in [3.8, 4) is 0 Å². The van der Waals surface area contributed by atoms with Crippen LogP contribution in [0.4, 0.5) is 0 Å². The smallest absolute Gasteiger partial charge is 0.351 e. The second kappa shape index (κ2) is 7.32. The number of esters is 2. The van der Waals surface area contributed by atoms with E-state index in [0.29, 0.717) is 18.3 Å². The maximum atomic E-state index is 12.4. The molecule has 1 saturated heterocycles. The molecule has 0 radical (unpaired) electrons. The summed E-state index contributed by atoms with van der Waals surface area (Å²) in [5.74, 6) is -0.824. The average molecular weight is 413 g/mol. The molecule has 1 N–H and O–H groups in total. The first-order chi connectivity index (χ1) is 13.0. The SMILES string of the molecule is CC(=O)O[C@@H]1C(=O)O[C@@H](C[C@@]2(C)[C@H](C)CC=C3[C@@H]2CCCC3(C)C)[C@@]1(O)CCl. The zero-order valence-corrected chi connectivity index (χ0v) is 18.3. The lowest BCUT2D eigenvalue weighted by Gasteiger charge is -2.54. The Morgan fingerprint density at radius 1 is 1.39 bits per heavy atom. The molecule has 3 rings (SSSR count). The van der Waals surface area contributed by atoms with Crippen molar-refractivity contribution in [3.05, 3.63) is 11.6 Å². The van der Waals surface area contributed by atoms with Gasteiger partial charge in [0.25, 0.3) is 0 Å². The summed E-state index contributed by atoms with van der Waals surface area (Å²) in [5, 5.41) is 11.2. The first kappa shape index (κ1) is 21.6. The highest BCUT2D eigenvalue weighted by Crippen LogP contribution is 2.59. The van der Waals surface area contributed by atoms with E-state index in [1.165, 1.54) is 18.9 Å².